The van der Waals surface area contributed by atoms with E-state index in [-0.39, 0.29) is 0 Å². The van der Waals surface area contributed by atoms with Gasteiger partial charge in [-0.2, -0.15) is 18.3 Å². The zero-order valence-corrected chi connectivity index (χ0v) is 10.5. The number of halogens is 3. The van der Waals surface area contributed by atoms with Crippen LogP contribution in [0.15, 0.2) is 58.3 Å². The zero-order valence-electron chi connectivity index (χ0n) is 10.5. The summed E-state index contributed by atoms with van der Waals surface area (Å²) in [6.07, 6.45) is 1.42. The molecule has 104 valence electrons. The molecular formula is C13H11F3N4. The Labute approximate surface area is 113 Å². The van der Waals surface area contributed by atoms with Crippen LogP contribution in [0.4, 0.5) is 18.9 Å². The van der Waals surface area contributed by atoms with Gasteiger partial charge in [-0.15, -0.1) is 0 Å². The van der Waals surface area contributed by atoms with Crippen LogP contribution < -0.4 is 5.01 Å². The summed E-state index contributed by atoms with van der Waals surface area (Å²) in [6.45, 7) is 1.52. The van der Waals surface area contributed by atoms with Crippen molar-refractivity contribution in [2.45, 2.75) is 19.1 Å². The molecule has 1 aliphatic carbocycles. The molecule has 20 heavy (non-hydrogen) atoms. The highest BCUT2D eigenvalue weighted by atomic mass is 19.4. The van der Waals surface area contributed by atoms with Crippen LogP contribution >= 0.6 is 0 Å². The Balaban J connectivity index is 1.98. The van der Waals surface area contributed by atoms with Crippen LogP contribution in [0, 0.1) is 5.92 Å². The van der Waals surface area contributed by atoms with Gasteiger partial charge in [-0.3, -0.25) is 4.98 Å². The number of rotatable bonds is 1. The lowest BCUT2D eigenvalue weighted by Crippen LogP contribution is -2.31. The molecule has 0 saturated carbocycles. The highest BCUT2D eigenvalue weighted by Gasteiger charge is 2.44. The summed E-state index contributed by atoms with van der Waals surface area (Å²) in [4.78, 5) is 3.90. The fourth-order valence-corrected chi connectivity index (χ4v) is 2.40. The van der Waals surface area contributed by atoms with Crippen LogP contribution in [0.25, 0.3) is 0 Å². The quantitative estimate of drug-likeness (QED) is 0.787. The molecule has 0 aromatic carbocycles. The molecule has 1 aliphatic heterocycles. The van der Waals surface area contributed by atoms with E-state index in [1.807, 2.05) is 0 Å². The van der Waals surface area contributed by atoms with E-state index in [2.05, 4.69) is 15.3 Å². The number of hydrogen-bond donors (Lipinski definition) is 0. The molecule has 4 nitrogen and oxygen atoms in total. The summed E-state index contributed by atoms with van der Waals surface area (Å²) in [5, 5.41) is 9.51. The van der Waals surface area contributed by atoms with Gasteiger partial charge in [-0.1, -0.05) is 18.2 Å². The smallest absolute Gasteiger partial charge is 0.265 e. The van der Waals surface area contributed by atoms with Crippen molar-refractivity contribution in [2.24, 2.45) is 16.3 Å². The molecule has 1 aromatic rings. The third-order valence-corrected chi connectivity index (χ3v) is 3.45. The van der Waals surface area contributed by atoms with Crippen molar-refractivity contribution in [1.82, 2.24) is 4.98 Å². The van der Waals surface area contributed by atoms with Gasteiger partial charge in [0.25, 0.3) is 0 Å². The molecule has 0 fully saturated rings. The van der Waals surface area contributed by atoms with E-state index < -0.39 is 23.7 Å². The zero-order chi connectivity index (χ0) is 14.3. The number of fused-ring (bicyclic) bond motifs is 1. The first kappa shape index (κ1) is 12.8. The normalized spacial score (nSPS) is 25.3. The largest absolute Gasteiger partial charge is 0.413 e. The van der Waals surface area contributed by atoms with Crippen molar-refractivity contribution in [3.8, 4) is 0 Å². The lowest BCUT2D eigenvalue weighted by molar-refractivity contribution is -0.0990. The minimum Gasteiger partial charge on any atom is -0.265 e. The molecular weight excluding hydrogens is 269 g/mol. The monoisotopic (exact) mass is 280 g/mol. The van der Waals surface area contributed by atoms with Crippen LogP contribution in [0.2, 0.25) is 0 Å². The van der Waals surface area contributed by atoms with Crippen molar-refractivity contribution in [3.05, 3.63) is 47.9 Å². The molecule has 7 heteroatoms. The molecule has 2 atom stereocenters. The second-order valence-corrected chi connectivity index (χ2v) is 4.67. The summed E-state index contributed by atoms with van der Waals surface area (Å²) >= 11 is 0. The van der Waals surface area contributed by atoms with Crippen LogP contribution in [0.1, 0.15) is 6.92 Å². The second kappa shape index (κ2) is 4.43. The molecule has 1 aromatic heterocycles. The minimum atomic E-state index is -4.33. The van der Waals surface area contributed by atoms with Gasteiger partial charge in [-0.25, -0.2) is 5.01 Å². The summed E-state index contributed by atoms with van der Waals surface area (Å²) in [5.74, 6) is -0.745. The van der Waals surface area contributed by atoms with Crippen molar-refractivity contribution in [1.29, 1.82) is 0 Å². The Morgan fingerprint density at radius 1 is 1.15 bits per heavy atom. The van der Waals surface area contributed by atoms with E-state index in [1.165, 1.54) is 13.0 Å². The Bertz CT molecular complexity index is 604. The Hall–Kier alpha value is -2.18. The maximum atomic E-state index is 12.9. The average Bonchev–Trinajstić information content (AvgIpc) is 2.83. The molecule has 2 unspecified atom stereocenters. The molecule has 0 radical (unpaired) electrons. The van der Waals surface area contributed by atoms with Crippen LogP contribution in [0.5, 0.6) is 0 Å². The number of hydrogen-bond acceptors (Lipinski definition) is 4. The topological polar surface area (TPSA) is 40.9 Å². The van der Waals surface area contributed by atoms with Crippen molar-refractivity contribution in [3.63, 3.8) is 0 Å². The molecule has 3 rings (SSSR count). The highest BCUT2D eigenvalue weighted by molar-refractivity contribution is 5.54. The molecule has 0 bridgehead atoms. The molecule has 0 amide bonds. The van der Waals surface area contributed by atoms with E-state index in [9.17, 15) is 13.2 Å². The number of allylic oxidation sites excluding steroid dienone is 2. The van der Waals surface area contributed by atoms with Gasteiger partial charge >= 0.3 is 6.18 Å². The SMILES string of the molecule is CC1C(C(F)(F)F)=CC=C2C1N=NN2c1ccncc1. The highest BCUT2D eigenvalue weighted by Crippen LogP contribution is 2.42. The van der Waals surface area contributed by atoms with Crippen LogP contribution in [-0.4, -0.2) is 17.2 Å². The molecule has 2 heterocycles. The number of nitrogens with zero attached hydrogens (tertiary/aromatic N) is 4. The molecule has 0 saturated heterocycles. The van der Waals surface area contributed by atoms with Gasteiger partial charge in [0, 0.05) is 23.9 Å². The Morgan fingerprint density at radius 2 is 1.85 bits per heavy atom. The van der Waals surface area contributed by atoms with Gasteiger partial charge in [-0.05, 0) is 18.2 Å². The predicted molar refractivity (Wildman–Crippen MR) is 66.7 cm³/mol. The molecule has 2 aliphatic rings. The van der Waals surface area contributed by atoms with Gasteiger partial charge in [0.05, 0.1) is 11.4 Å². The Morgan fingerprint density at radius 3 is 2.50 bits per heavy atom. The summed E-state index contributed by atoms with van der Waals surface area (Å²) < 4.78 is 38.6. The van der Waals surface area contributed by atoms with Gasteiger partial charge in [0.1, 0.15) is 6.04 Å². The van der Waals surface area contributed by atoms with E-state index in [0.29, 0.717) is 5.70 Å². The van der Waals surface area contributed by atoms with Crippen molar-refractivity contribution < 1.29 is 13.2 Å². The number of anilines is 1. The van der Waals surface area contributed by atoms with E-state index in [4.69, 9.17) is 0 Å². The first-order valence-electron chi connectivity index (χ1n) is 6.08. The van der Waals surface area contributed by atoms with E-state index in [1.54, 1.807) is 29.5 Å². The number of alkyl halides is 3. The van der Waals surface area contributed by atoms with Crippen molar-refractivity contribution in [2.75, 3.05) is 5.01 Å². The van der Waals surface area contributed by atoms with Gasteiger partial charge in [0.15, 0.2) is 0 Å². The average molecular weight is 280 g/mol. The third-order valence-electron chi connectivity index (χ3n) is 3.45. The van der Waals surface area contributed by atoms with Crippen LogP contribution in [0.3, 0.4) is 0 Å². The van der Waals surface area contributed by atoms with Gasteiger partial charge < -0.3 is 0 Å². The lowest BCUT2D eigenvalue weighted by Gasteiger charge is -2.27. The summed E-state index contributed by atoms with van der Waals surface area (Å²) in [5.41, 5.74) is 0.812. The maximum Gasteiger partial charge on any atom is 0.413 e. The van der Waals surface area contributed by atoms with Crippen molar-refractivity contribution >= 4 is 5.69 Å². The summed E-state index contributed by atoms with van der Waals surface area (Å²) in [6, 6.07) is 2.87. The first-order chi connectivity index (χ1) is 9.48. The third kappa shape index (κ3) is 1.99. The molecule has 0 spiro atoms. The number of pyridine rings is 1. The van der Waals surface area contributed by atoms with E-state index >= 15 is 0 Å². The minimum absolute atomic E-state index is 0.568. The molecule has 0 N–H and O–H groups in total. The van der Waals surface area contributed by atoms with E-state index in [0.717, 1.165) is 11.8 Å². The predicted octanol–water partition coefficient (Wildman–Crippen LogP) is 3.66. The Kier molecular flexibility index (Phi) is 2.84. The fraction of sp³-hybridized carbons (Fsp3) is 0.308. The van der Waals surface area contributed by atoms with Crippen LogP contribution in [-0.2, 0) is 0 Å². The summed E-state index contributed by atoms with van der Waals surface area (Å²) in [7, 11) is 0. The second-order valence-electron chi connectivity index (χ2n) is 4.67. The number of aromatic nitrogens is 1. The standard InChI is InChI=1S/C13H11F3N4/c1-8-10(13(14,15)16)2-3-11-12(8)18-19-20(11)9-4-6-17-7-5-9/h2-8,12H,1H3. The maximum absolute atomic E-state index is 12.9. The van der Waals surface area contributed by atoms with Gasteiger partial charge in [0.2, 0.25) is 0 Å². The lowest BCUT2D eigenvalue weighted by atomic mass is 9.86. The fourth-order valence-electron chi connectivity index (χ4n) is 2.40. The first-order valence-corrected chi connectivity index (χ1v) is 6.08.